The molecule has 0 bridgehead atoms. The third kappa shape index (κ3) is 5.13. The van der Waals surface area contributed by atoms with Crippen molar-refractivity contribution in [2.45, 2.75) is 0 Å². The van der Waals surface area contributed by atoms with Crippen LogP contribution in [-0.2, 0) is 0 Å². The molecule has 4 nitrogen and oxygen atoms in total. The summed E-state index contributed by atoms with van der Waals surface area (Å²) in [5, 5.41) is 17.6. The second kappa shape index (κ2) is 8.73. The standard InChI is InChI=1S/C16H10O4.2ClH/c17-15(18)13-8-6-11(7-9-13)4-5-12-2-1-3-14(10-12)16(19)20;;/h1-3,6-10H,(H,17,18)(H,19,20);2*1H. The van der Waals surface area contributed by atoms with E-state index in [1.807, 2.05) is 0 Å². The molecule has 0 fully saturated rings. The summed E-state index contributed by atoms with van der Waals surface area (Å²) in [6.45, 7) is 0. The molecule has 0 aromatic heterocycles. The van der Waals surface area contributed by atoms with Crippen LogP contribution in [0.2, 0.25) is 0 Å². The molecule has 2 aromatic rings. The van der Waals surface area contributed by atoms with Crippen LogP contribution in [0.5, 0.6) is 0 Å². The zero-order valence-electron chi connectivity index (χ0n) is 11.1. The van der Waals surface area contributed by atoms with Crippen LogP contribution < -0.4 is 0 Å². The van der Waals surface area contributed by atoms with Gasteiger partial charge in [-0.25, -0.2) is 9.59 Å². The maximum Gasteiger partial charge on any atom is 0.335 e. The lowest BCUT2D eigenvalue weighted by Crippen LogP contribution is -1.96. The Labute approximate surface area is 139 Å². The molecule has 2 aromatic carbocycles. The minimum absolute atomic E-state index is 0. The van der Waals surface area contributed by atoms with E-state index in [0.717, 1.165) is 0 Å². The first-order valence-corrected chi connectivity index (χ1v) is 5.75. The van der Waals surface area contributed by atoms with E-state index in [-0.39, 0.29) is 35.9 Å². The third-order valence-electron chi connectivity index (χ3n) is 2.59. The van der Waals surface area contributed by atoms with Crippen molar-refractivity contribution >= 4 is 36.8 Å². The molecule has 0 aliphatic carbocycles. The summed E-state index contributed by atoms with van der Waals surface area (Å²) in [6, 6.07) is 12.5. The molecule has 0 spiro atoms. The minimum atomic E-state index is -1.00. The highest BCUT2D eigenvalue weighted by molar-refractivity contribution is 5.88. The lowest BCUT2D eigenvalue weighted by Gasteiger charge is -1.95. The number of carboxylic acids is 2. The van der Waals surface area contributed by atoms with Gasteiger partial charge in [-0.15, -0.1) is 24.8 Å². The topological polar surface area (TPSA) is 74.6 Å². The van der Waals surface area contributed by atoms with E-state index in [0.29, 0.717) is 11.1 Å². The van der Waals surface area contributed by atoms with E-state index in [1.54, 1.807) is 24.3 Å². The molecular formula is C16H12Cl2O4. The van der Waals surface area contributed by atoms with E-state index >= 15 is 0 Å². The molecule has 6 heteroatoms. The molecule has 0 atom stereocenters. The molecule has 0 aliphatic heterocycles. The number of carbonyl (C=O) groups is 2. The number of hydrogen-bond donors (Lipinski definition) is 2. The van der Waals surface area contributed by atoms with Crippen LogP contribution >= 0.6 is 24.8 Å². The number of aromatic carboxylic acids is 2. The van der Waals surface area contributed by atoms with Crippen LogP contribution in [0.1, 0.15) is 31.8 Å². The van der Waals surface area contributed by atoms with Crippen LogP contribution in [-0.4, -0.2) is 22.2 Å². The normalized spacial score (nSPS) is 8.55. The highest BCUT2D eigenvalue weighted by atomic mass is 35.5. The summed E-state index contributed by atoms with van der Waals surface area (Å²) in [6.07, 6.45) is 0. The van der Waals surface area contributed by atoms with Crippen LogP contribution in [0.3, 0.4) is 0 Å². The average Bonchev–Trinajstić information content (AvgIpc) is 2.46. The Bertz CT molecular complexity index is 728. The molecule has 0 radical (unpaired) electrons. The van der Waals surface area contributed by atoms with E-state index < -0.39 is 11.9 Å². The Kier molecular flexibility index (Phi) is 7.74. The Morgan fingerprint density at radius 3 is 1.82 bits per heavy atom. The van der Waals surface area contributed by atoms with Gasteiger partial charge in [0, 0.05) is 11.1 Å². The summed E-state index contributed by atoms with van der Waals surface area (Å²) in [4.78, 5) is 21.5. The van der Waals surface area contributed by atoms with Crippen molar-refractivity contribution in [1.29, 1.82) is 0 Å². The Hall–Kier alpha value is -2.48. The number of hydrogen-bond acceptors (Lipinski definition) is 2. The fourth-order valence-electron chi connectivity index (χ4n) is 1.57. The van der Waals surface area contributed by atoms with Gasteiger partial charge in [0.2, 0.25) is 0 Å². The monoisotopic (exact) mass is 338 g/mol. The molecule has 0 amide bonds. The fourth-order valence-corrected chi connectivity index (χ4v) is 1.57. The van der Waals surface area contributed by atoms with Gasteiger partial charge in [0.1, 0.15) is 0 Å². The van der Waals surface area contributed by atoms with Gasteiger partial charge < -0.3 is 10.2 Å². The van der Waals surface area contributed by atoms with Crippen molar-refractivity contribution in [3.05, 3.63) is 70.8 Å². The van der Waals surface area contributed by atoms with E-state index in [9.17, 15) is 9.59 Å². The maximum absolute atomic E-state index is 10.8. The summed E-state index contributed by atoms with van der Waals surface area (Å²) in [5.74, 6) is 3.71. The molecule has 2 rings (SSSR count). The zero-order valence-corrected chi connectivity index (χ0v) is 12.8. The molecule has 114 valence electrons. The van der Waals surface area contributed by atoms with Crippen LogP contribution in [0.25, 0.3) is 0 Å². The fraction of sp³-hybridized carbons (Fsp3) is 0. The van der Waals surface area contributed by atoms with Gasteiger partial charge in [-0.3, -0.25) is 0 Å². The second-order valence-electron chi connectivity index (χ2n) is 4.02. The number of carboxylic acid groups (broad SMARTS) is 2. The highest BCUT2D eigenvalue weighted by Crippen LogP contribution is 2.06. The molecular weight excluding hydrogens is 327 g/mol. The highest BCUT2D eigenvalue weighted by Gasteiger charge is 2.02. The van der Waals surface area contributed by atoms with E-state index in [4.69, 9.17) is 10.2 Å². The lowest BCUT2D eigenvalue weighted by atomic mass is 10.1. The number of rotatable bonds is 2. The molecule has 0 heterocycles. The summed E-state index contributed by atoms with van der Waals surface area (Å²) >= 11 is 0. The van der Waals surface area contributed by atoms with Crippen molar-refractivity contribution in [2.24, 2.45) is 0 Å². The Morgan fingerprint density at radius 1 is 0.727 bits per heavy atom. The summed E-state index contributed by atoms with van der Waals surface area (Å²) < 4.78 is 0. The van der Waals surface area contributed by atoms with Crippen LogP contribution in [0.4, 0.5) is 0 Å². The lowest BCUT2D eigenvalue weighted by molar-refractivity contribution is 0.0686. The van der Waals surface area contributed by atoms with E-state index in [2.05, 4.69) is 11.8 Å². The first-order chi connectivity index (χ1) is 9.56. The maximum atomic E-state index is 10.8. The van der Waals surface area contributed by atoms with Gasteiger partial charge in [0.25, 0.3) is 0 Å². The first-order valence-electron chi connectivity index (χ1n) is 5.75. The molecule has 2 N–H and O–H groups in total. The number of halogens is 2. The SMILES string of the molecule is Cl.Cl.O=C(O)c1ccc(C#Cc2cccc(C(=O)O)c2)cc1. The van der Waals surface area contributed by atoms with Crippen LogP contribution in [0.15, 0.2) is 48.5 Å². The predicted molar refractivity (Wildman–Crippen MR) is 87.3 cm³/mol. The molecule has 0 unspecified atom stereocenters. The second-order valence-corrected chi connectivity index (χ2v) is 4.02. The van der Waals surface area contributed by atoms with Crippen molar-refractivity contribution in [3.8, 4) is 11.8 Å². The van der Waals surface area contributed by atoms with Gasteiger partial charge in [-0.05, 0) is 42.5 Å². The zero-order chi connectivity index (χ0) is 14.5. The van der Waals surface area contributed by atoms with Crippen LogP contribution in [0, 0.1) is 11.8 Å². The molecule has 0 aliphatic rings. The number of benzene rings is 2. The average molecular weight is 339 g/mol. The van der Waals surface area contributed by atoms with Crippen molar-refractivity contribution in [2.75, 3.05) is 0 Å². The smallest absolute Gasteiger partial charge is 0.335 e. The van der Waals surface area contributed by atoms with Crippen molar-refractivity contribution in [1.82, 2.24) is 0 Å². The summed E-state index contributed by atoms with van der Waals surface area (Å²) in [5.41, 5.74) is 1.63. The van der Waals surface area contributed by atoms with Gasteiger partial charge in [-0.1, -0.05) is 17.9 Å². The van der Waals surface area contributed by atoms with E-state index in [1.165, 1.54) is 24.3 Å². The Balaban J connectivity index is 0.00000220. The molecule has 0 saturated heterocycles. The van der Waals surface area contributed by atoms with Gasteiger partial charge in [0.05, 0.1) is 11.1 Å². The minimum Gasteiger partial charge on any atom is -0.478 e. The van der Waals surface area contributed by atoms with Crippen molar-refractivity contribution in [3.63, 3.8) is 0 Å². The quantitative estimate of drug-likeness (QED) is 0.823. The Morgan fingerprint density at radius 2 is 1.27 bits per heavy atom. The van der Waals surface area contributed by atoms with Gasteiger partial charge in [-0.2, -0.15) is 0 Å². The predicted octanol–water partition coefficient (Wildman–Crippen LogP) is 3.33. The summed E-state index contributed by atoms with van der Waals surface area (Å²) in [7, 11) is 0. The molecule has 22 heavy (non-hydrogen) atoms. The van der Waals surface area contributed by atoms with Crippen molar-refractivity contribution < 1.29 is 19.8 Å². The largest absolute Gasteiger partial charge is 0.478 e. The van der Waals surface area contributed by atoms with Gasteiger partial charge in [0.15, 0.2) is 0 Å². The first kappa shape index (κ1) is 19.5. The third-order valence-corrected chi connectivity index (χ3v) is 2.59. The molecule has 0 saturated carbocycles. The van der Waals surface area contributed by atoms with Gasteiger partial charge >= 0.3 is 11.9 Å².